The molecule has 0 heterocycles. The minimum Gasteiger partial charge on any atom is -0.392 e. The van der Waals surface area contributed by atoms with Crippen LogP contribution in [0.3, 0.4) is 0 Å². The van der Waals surface area contributed by atoms with E-state index < -0.39 is 26.0 Å². The van der Waals surface area contributed by atoms with Crippen LogP contribution < -0.4 is 4.72 Å². The Kier molecular flexibility index (Phi) is 5.56. The number of sulfonamides is 1. The molecule has 0 spiro atoms. The van der Waals surface area contributed by atoms with E-state index >= 15 is 0 Å². The van der Waals surface area contributed by atoms with Crippen LogP contribution in [0.5, 0.6) is 0 Å². The lowest BCUT2D eigenvalue weighted by Gasteiger charge is -2.12. The first-order chi connectivity index (χ1) is 9.08. The summed E-state index contributed by atoms with van der Waals surface area (Å²) in [5.41, 5.74) is 0. The molecule has 1 aromatic carbocycles. The van der Waals surface area contributed by atoms with Gasteiger partial charge in [-0.25, -0.2) is 21.6 Å². The van der Waals surface area contributed by atoms with Crippen molar-refractivity contribution in [3.63, 3.8) is 0 Å². The maximum Gasteiger partial charge on any atom is 0.242 e. The standard InChI is InChI=1S/C11H16ClNO5S2/c1-3-8(14)7-13-20(17,18)11-6-9(19(2,15)16)4-5-10(11)12/h4-6,8,13-14H,3,7H2,1-2H3. The second kappa shape index (κ2) is 6.40. The van der Waals surface area contributed by atoms with Crippen LogP contribution >= 0.6 is 11.6 Å². The summed E-state index contributed by atoms with van der Waals surface area (Å²) in [5.74, 6) is 0. The zero-order valence-electron chi connectivity index (χ0n) is 11.0. The number of nitrogens with one attached hydrogen (secondary N) is 1. The van der Waals surface area contributed by atoms with Crippen molar-refractivity contribution in [1.82, 2.24) is 4.72 Å². The Hall–Kier alpha value is -0.670. The zero-order valence-corrected chi connectivity index (χ0v) is 13.4. The highest BCUT2D eigenvalue weighted by Crippen LogP contribution is 2.24. The largest absolute Gasteiger partial charge is 0.392 e. The molecule has 9 heteroatoms. The molecule has 114 valence electrons. The van der Waals surface area contributed by atoms with E-state index in [2.05, 4.69) is 4.72 Å². The molecule has 0 saturated heterocycles. The molecule has 0 saturated carbocycles. The van der Waals surface area contributed by atoms with Gasteiger partial charge in [-0.05, 0) is 24.6 Å². The van der Waals surface area contributed by atoms with Crippen molar-refractivity contribution in [2.45, 2.75) is 29.2 Å². The number of rotatable bonds is 6. The highest BCUT2D eigenvalue weighted by Gasteiger charge is 2.21. The van der Waals surface area contributed by atoms with Gasteiger partial charge in [0.15, 0.2) is 9.84 Å². The van der Waals surface area contributed by atoms with Gasteiger partial charge in [0.2, 0.25) is 10.0 Å². The van der Waals surface area contributed by atoms with Crippen molar-refractivity contribution in [3.05, 3.63) is 23.2 Å². The molecule has 0 bridgehead atoms. The van der Waals surface area contributed by atoms with Crippen LogP contribution in [-0.2, 0) is 19.9 Å². The van der Waals surface area contributed by atoms with Crippen molar-refractivity contribution in [1.29, 1.82) is 0 Å². The second-order valence-electron chi connectivity index (χ2n) is 4.28. The summed E-state index contributed by atoms with van der Waals surface area (Å²) in [5, 5.41) is 9.28. The first-order valence-electron chi connectivity index (χ1n) is 5.75. The molecule has 1 rings (SSSR count). The number of hydrogen-bond acceptors (Lipinski definition) is 5. The number of benzene rings is 1. The minimum absolute atomic E-state index is 0.0871. The smallest absolute Gasteiger partial charge is 0.242 e. The zero-order chi connectivity index (χ0) is 15.6. The van der Waals surface area contributed by atoms with Gasteiger partial charge < -0.3 is 5.11 Å². The van der Waals surface area contributed by atoms with Gasteiger partial charge in [-0.2, -0.15) is 0 Å². The summed E-state index contributed by atoms with van der Waals surface area (Å²) in [6.07, 6.45) is 0.544. The Labute approximate surface area is 123 Å². The number of halogens is 1. The molecular formula is C11H16ClNO5S2. The fourth-order valence-corrected chi connectivity index (χ4v) is 3.67. The fourth-order valence-electron chi connectivity index (χ4n) is 1.35. The average Bonchev–Trinajstić information content (AvgIpc) is 2.34. The predicted octanol–water partition coefficient (Wildman–Crippen LogP) is 0.793. The number of sulfone groups is 1. The lowest BCUT2D eigenvalue weighted by Crippen LogP contribution is -2.32. The van der Waals surface area contributed by atoms with Gasteiger partial charge in [-0.3, -0.25) is 0 Å². The van der Waals surface area contributed by atoms with Gasteiger partial charge in [-0.15, -0.1) is 0 Å². The average molecular weight is 342 g/mol. The van der Waals surface area contributed by atoms with E-state index in [0.29, 0.717) is 6.42 Å². The molecular weight excluding hydrogens is 326 g/mol. The Balaban J connectivity index is 3.18. The maximum absolute atomic E-state index is 12.1. The molecule has 0 fully saturated rings. The second-order valence-corrected chi connectivity index (χ2v) is 8.44. The molecule has 0 radical (unpaired) electrons. The number of aliphatic hydroxyl groups is 1. The molecule has 2 N–H and O–H groups in total. The van der Waals surface area contributed by atoms with Crippen molar-refractivity contribution in [2.75, 3.05) is 12.8 Å². The van der Waals surface area contributed by atoms with Crippen LogP contribution in [0.15, 0.2) is 28.0 Å². The van der Waals surface area contributed by atoms with E-state index in [1.54, 1.807) is 6.92 Å². The van der Waals surface area contributed by atoms with Crippen LogP contribution in [-0.4, -0.2) is 40.8 Å². The van der Waals surface area contributed by atoms with E-state index in [4.69, 9.17) is 11.6 Å². The molecule has 0 aliphatic carbocycles. The van der Waals surface area contributed by atoms with Crippen LogP contribution in [0.1, 0.15) is 13.3 Å². The van der Waals surface area contributed by atoms with Gasteiger partial charge in [0, 0.05) is 12.8 Å². The van der Waals surface area contributed by atoms with Crippen LogP contribution in [0.2, 0.25) is 5.02 Å². The summed E-state index contributed by atoms with van der Waals surface area (Å²) >= 11 is 5.80. The van der Waals surface area contributed by atoms with E-state index in [9.17, 15) is 21.9 Å². The third-order valence-corrected chi connectivity index (χ3v) is 5.62. The van der Waals surface area contributed by atoms with Crippen molar-refractivity contribution in [2.24, 2.45) is 0 Å². The third-order valence-electron chi connectivity index (χ3n) is 2.60. The Morgan fingerprint density at radius 2 is 1.90 bits per heavy atom. The maximum atomic E-state index is 12.1. The monoisotopic (exact) mass is 341 g/mol. The molecule has 20 heavy (non-hydrogen) atoms. The predicted molar refractivity (Wildman–Crippen MR) is 76.0 cm³/mol. The molecule has 0 amide bonds. The first kappa shape index (κ1) is 17.4. The quantitative estimate of drug-likeness (QED) is 0.796. The summed E-state index contributed by atoms with van der Waals surface area (Å²) in [6, 6.07) is 3.44. The molecule has 0 aliphatic rings. The lowest BCUT2D eigenvalue weighted by atomic mass is 10.3. The van der Waals surface area contributed by atoms with Crippen LogP contribution in [0, 0.1) is 0 Å². The molecule has 0 aromatic heterocycles. The van der Waals surface area contributed by atoms with Gasteiger partial charge >= 0.3 is 0 Å². The van der Waals surface area contributed by atoms with Gasteiger partial charge in [0.1, 0.15) is 4.90 Å². The SMILES string of the molecule is CCC(O)CNS(=O)(=O)c1cc(S(C)(=O)=O)ccc1Cl. The molecule has 1 atom stereocenters. The Morgan fingerprint density at radius 1 is 1.30 bits per heavy atom. The van der Waals surface area contributed by atoms with Crippen LogP contribution in [0.4, 0.5) is 0 Å². The lowest BCUT2D eigenvalue weighted by molar-refractivity contribution is 0.174. The fraction of sp³-hybridized carbons (Fsp3) is 0.455. The summed E-state index contributed by atoms with van der Waals surface area (Å²) in [6.45, 7) is 1.54. The highest BCUT2D eigenvalue weighted by atomic mass is 35.5. The third kappa shape index (κ3) is 4.42. The van der Waals surface area contributed by atoms with Gasteiger partial charge in [0.25, 0.3) is 0 Å². The highest BCUT2D eigenvalue weighted by molar-refractivity contribution is 7.91. The van der Waals surface area contributed by atoms with E-state index in [1.165, 1.54) is 12.1 Å². The number of hydrogen-bond donors (Lipinski definition) is 2. The summed E-state index contributed by atoms with van der Waals surface area (Å²) < 4.78 is 49.2. The first-order valence-corrected chi connectivity index (χ1v) is 9.50. The van der Waals surface area contributed by atoms with Gasteiger partial charge in [-0.1, -0.05) is 18.5 Å². The van der Waals surface area contributed by atoms with E-state index in [1.807, 2.05) is 0 Å². The minimum atomic E-state index is -3.99. The summed E-state index contributed by atoms with van der Waals surface area (Å²) in [7, 11) is -7.52. The molecule has 6 nitrogen and oxygen atoms in total. The van der Waals surface area contributed by atoms with E-state index in [-0.39, 0.29) is 21.4 Å². The molecule has 0 aliphatic heterocycles. The Morgan fingerprint density at radius 3 is 2.40 bits per heavy atom. The Bertz CT molecular complexity index is 685. The van der Waals surface area contributed by atoms with Crippen molar-refractivity contribution < 1.29 is 21.9 Å². The number of aliphatic hydroxyl groups excluding tert-OH is 1. The van der Waals surface area contributed by atoms with Gasteiger partial charge in [0.05, 0.1) is 16.0 Å². The normalized spacial score (nSPS) is 14.2. The summed E-state index contributed by atoms with van der Waals surface area (Å²) in [4.78, 5) is -0.469. The van der Waals surface area contributed by atoms with Crippen molar-refractivity contribution in [3.8, 4) is 0 Å². The van der Waals surface area contributed by atoms with Crippen molar-refractivity contribution >= 4 is 31.5 Å². The topological polar surface area (TPSA) is 101 Å². The van der Waals surface area contributed by atoms with E-state index in [0.717, 1.165) is 12.3 Å². The molecule has 1 aromatic rings. The van der Waals surface area contributed by atoms with Crippen LogP contribution in [0.25, 0.3) is 0 Å². The molecule has 1 unspecified atom stereocenters.